The van der Waals surface area contributed by atoms with Gasteiger partial charge in [-0.05, 0) is 60.7 Å². The molecule has 0 amide bonds. The van der Waals surface area contributed by atoms with Crippen LogP contribution in [0.25, 0.3) is 154 Å². The molecule has 0 aliphatic rings. The molecular weight excluding hydrogens is 933 g/mol. The highest BCUT2D eigenvalue weighted by molar-refractivity contribution is 6.21. The molecule has 0 atom stereocenters. The van der Waals surface area contributed by atoms with Crippen molar-refractivity contribution >= 4 is 131 Å². The lowest BCUT2D eigenvalue weighted by molar-refractivity contribution is 0.669. The van der Waals surface area contributed by atoms with E-state index in [1.165, 1.54) is 0 Å². The molecule has 8 heteroatoms. The van der Waals surface area contributed by atoms with Crippen molar-refractivity contribution in [1.29, 1.82) is 10.5 Å². The van der Waals surface area contributed by atoms with Gasteiger partial charge in [0.2, 0.25) is 0 Å². The van der Waals surface area contributed by atoms with Crippen molar-refractivity contribution in [1.82, 2.24) is 18.3 Å². The van der Waals surface area contributed by atoms with Gasteiger partial charge in [-0.2, -0.15) is 10.5 Å². The maximum absolute atomic E-state index is 12.7. The lowest BCUT2D eigenvalue weighted by atomic mass is 9.98. The Balaban J connectivity index is 1.17. The van der Waals surface area contributed by atoms with E-state index in [1.54, 1.807) is 0 Å². The Kier molecular flexibility index (Phi) is 7.99. The van der Waals surface area contributed by atoms with Gasteiger partial charge in [0, 0.05) is 76.8 Å². The van der Waals surface area contributed by atoms with E-state index in [9.17, 15) is 10.5 Å². The van der Waals surface area contributed by atoms with E-state index >= 15 is 0 Å². The molecule has 0 aliphatic heterocycles. The first-order valence-electron chi connectivity index (χ1n) is 25.4. The van der Waals surface area contributed by atoms with Gasteiger partial charge < -0.3 is 27.1 Å². The lowest BCUT2D eigenvalue weighted by Gasteiger charge is -2.27. The average molecular weight is 969 g/mol. The van der Waals surface area contributed by atoms with Crippen molar-refractivity contribution in [2.24, 2.45) is 0 Å². The maximum Gasteiger partial charge on any atom is 0.137 e. The van der Waals surface area contributed by atoms with Gasteiger partial charge in [0.05, 0.1) is 66.9 Å². The molecule has 0 unspecified atom stereocenters. The SMILES string of the molecule is N#Cc1c(-n2c3ccccc3c3ccccc32)c(-n2c3ccccc3c3cc4c(cc32)oc2ccccc24)c(C#N)c(-n2c3ccccc3c3ccccc32)c1-n1c2ccccc2c2cc3c(cc21)oc1ccccc13. The molecule has 0 aliphatic carbocycles. The van der Waals surface area contributed by atoms with Gasteiger partial charge in [-0.3, -0.25) is 0 Å². The average Bonchev–Trinajstić information content (AvgIpc) is 4.42. The Bertz CT molecular complexity index is 5070. The predicted octanol–water partition coefficient (Wildman–Crippen LogP) is 17.6. The number of benzene rings is 11. The quantitative estimate of drug-likeness (QED) is 0.176. The van der Waals surface area contributed by atoms with E-state index in [-0.39, 0.29) is 0 Å². The van der Waals surface area contributed by atoms with Gasteiger partial charge in [0.1, 0.15) is 45.6 Å². The topological polar surface area (TPSA) is 93.6 Å². The molecule has 11 aromatic carbocycles. The van der Waals surface area contributed by atoms with Crippen molar-refractivity contribution in [3.63, 3.8) is 0 Å². The largest absolute Gasteiger partial charge is 0.456 e. The molecule has 8 nitrogen and oxygen atoms in total. The molecule has 0 fully saturated rings. The molecule has 0 N–H and O–H groups in total. The number of para-hydroxylation sites is 8. The fourth-order valence-corrected chi connectivity index (χ4v) is 13.0. The summed E-state index contributed by atoms with van der Waals surface area (Å²) in [6.45, 7) is 0. The summed E-state index contributed by atoms with van der Waals surface area (Å²) in [5.41, 5.74) is 13.0. The van der Waals surface area contributed by atoms with Gasteiger partial charge in [0.15, 0.2) is 0 Å². The zero-order chi connectivity index (χ0) is 49.9. The minimum Gasteiger partial charge on any atom is -0.456 e. The van der Waals surface area contributed by atoms with E-state index in [2.05, 4.69) is 176 Å². The number of rotatable bonds is 4. The first kappa shape index (κ1) is 40.8. The number of nitrogens with zero attached hydrogens (tertiary/aromatic N) is 6. The number of hydrogen-bond donors (Lipinski definition) is 0. The van der Waals surface area contributed by atoms with E-state index in [1.807, 2.05) is 72.8 Å². The maximum atomic E-state index is 12.7. The van der Waals surface area contributed by atoms with Crippen molar-refractivity contribution < 1.29 is 8.83 Å². The standard InChI is InChI=1S/C68H36N6O2/c69-37-51-65(71-53-25-9-1-17-39(53)40-18-2-10-26-54(40)71)67(73-57-29-13-5-21-43(57)47-33-49-45-23-7-15-31-61(45)75-63(49)35-59(47)73)52(38-70)66(72-55-27-11-3-19-41(55)42-20-4-12-28-56(42)72)68(51)74-58-30-14-6-22-44(58)48-34-50-46-24-8-16-32-62(46)76-64(50)36-60(48)74/h1-36H. The highest BCUT2D eigenvalue weighted by Crippen LogP contribution is 2.50. The fourth-order valence-electron chi connectivity index (χ4n) is 13.0. The molecule has 0 radical (unpaired) electrons. The molecule has 76 heavy (non-hydrogen) atoms. The van der Waals surface area contributed by atoms with E-state index < -0.39 is 0 Å². The van der Waals surface area contributed by atoms with Crippen molar-refractivity contribution in [2.75, 3.05) is 0 Å². The molecule has 6 heterocycles. The van der Waals surface area contributed by atoms with Crippen molar-refractivity contribution in [2.45, 2.75) is 0 Å². The van der Waals surface area contributed by atoms with Crippen LogP contribution >= 0.6 is 0 Å². The summed E-state index contributed by atoms with van der Waals surface area (Å²) in [6.07, 6.45) is 0. The third kappa shape index (κ3) is 5.18. The summed E-state index contributed by atoms with van der Waals surface area (Å²) in [4.78, 5) is 0. The van der Waals surface area contributed by atoms with Crippen LogP contribution in [0.2, 0.25) is 0 Å². The van der Waals surface area contributed by atoms with Crippen molar-refractivity contribution in [3.05, 3.63) is 230 Å². The third-order valence-corrected chi connectivity index (χ3v) is 16.0. The van der Waals surface area contributed by atoms with Gasteiger partial charge in [-0.1, -0.05) is 146 Å². The minimum absolute atomic E-state index is 0.375. The Morgan fingerprint density at radius 3 is 0.789 bits per heavy atom. The minimum atomic E-state index is 0.375. The molecule has 350 valence electrons. The van der Waals surface area contributed by atoms with E-state index in [0.717, 1.165) is 131 Å². The van der Waals surface area contributed by atoms with Gasteiger partial charge >= 0.3 is 0 Å². The summed E-state index contributed by atoms with van der Waals surface area (Å²) in [6, 6.07) is 81.1. The number of aromatic nitrogens is 4. The smallest absolute Gasteiger partial charge is 0.137 e. The van der Waals surface area contributed by atoms with Crippen molar-refractivity contribution in [3.8, 4) is 34.9 Å². The van der Waals surface area contributed by atoms with Gasteiger partial charge in [-0.25, -0.2) is 0 Å². The Hall–Kier alpha value is -10.8. The van der Waals surface area contributed by atoms with Crippen LogP contribution in [-0.4, -0.2) is 18.3 Å². The Morgan fingerprint density at radius 2 is 0.487 bits per heavy atom. The molecule has 0 saturated heterocycles. The molecular formula is C68H36N6O2. The summed E-state index contributed by atoms with van der Waals surface area (Å²) >= 11 is 0. The molecule has 0 bridgehead atoms. The summed E-state index contributed by atoms with van der Waals surface area (Å²) in [5.74, 6) is 0. The summed E-state index contributed by atoms with van der Waals surface area (Å²) in [5, 5.41) is 37.6. The molecule has 17 rings (SSSR count). The molecule has 0 saturated carbocycles. The van der Waals surface area contributed by atoms with Crippen LogP contribution in [-0.2, 0) is 0 Å². The zero-order valence-electron chi connectivity index (χ0n) is 40.3. The van der Waals surface area contributed by atoms with Crippen LogP contribution in [0.5, 0.6) is 0 Å². The van der Waals surface area contributed by atoms with Crippen LogP contribution < -0.4 is 0 Å². The van der Waals surface area contributed by atoms with E-state index in [4.69, 9.17) is 8.83 Å². The zero-order valence-corrected chi connectivity index (χ0v) is 40.3. The highest BCUT2D eigenvalue weighted by atomic mass is 16.3. The second kappa shape index (κ2) is 14.9. The highest BCUT2D eigenvalue weighted by Gasteiger charge is 2.35. The monoisotopic (exact) mass is 968 g/mol. The predicted molar refractivity (Wildman–Crippen MR) is 308 cm³/mol. The lowest BCUT2D eigenvalue weighted by Crippen LogP contribution is -2.16. The number of hydrogen-bond acceptors (Lipinski definition) is 4. The van der Waals surface area contributed by atoms with E-state index in [0.29, 0.717) is 33.9 Å². The third-order valence-electron chi connectivity index (χ3n) is 16.0. The molecule has 17 aromatic rings. The second-order valence-electron chi connectivity index (χ2n) is 19.7. The normalized spacial score (nSPS) is 12.2. The number of furan rings is 2. The second-order valence-corrected chi connectivity index (χ2v) is 19.7. The van der Waals surface area contributed by atoms with Crippen LogP contribution in [0, 0.1) is 22.7 Å². The summed E-state index contributed by atoms with van der Waals surface area (Å²) < 4.78 is 22.3. The Morgan fingerprint density at radius 1 is 0.237 bits per heavy atom. The number of nitriles is 2. The first-order chi connectivity index (χ1) is 37.7. The Labute approximate surface area is 431 Å². The first-order valence-corrected chi connectivity index (χ1v) is 25.4. The summed E-state index contributed by atoms with van der Waals surface area (Å²) in [7, 11) is 0. The van der Waals surface area contributed by atoms with Crippen LogP contribution in [0.1, 0.15) is 11.1 Å². The van der Waals surface area contributed by atoms with Crippen LogP contribution in [0.15, 0.2) is 227 Å². The number of fused-ring (bicyclic) bond motifs is 18. The van der Waals surface area contributed by atoms with Gasteiger partial charge in [0.25, 0.3) is 0 Å². The van der Waals surface area contributed by atoms with Gasteiger partial charge in [-0.15, -0.1) is 0 Å². The molecule has 0 spiro atoms. The van der Waals surface area contributed by atoms with Crippen LogP contribution in [0.3, 0.4) is 0 Å². The molecule has 6 aromatic heterocycles. The fraction of sp³-hybridized carbons (Fsp3) is 0. The van der Waals surface area contributed by atoms with Crippen LogP contribution in [0.4, 0.5) is 0 Å².